The molecule has 0 spiro atoms. The molecule has 1 aromatic heterocycles. The molecular formula is C19H19F3N4O2. The molecule has 0 amide bonds. The number of halogens is 3. The second kappa shape index (κ2) is 6.65. The summed E-state index contributed by atoms with van der Waals surface area (Å²) >= 11 is 0. The predicted octanol–water partition coefficient (Wildman–Crippen LogP) is 3.96. The fourth-order valence-corrected chi connectivity index (χ4v) is 3.81. The van der Waals surface area contributed by atoms with E-state index >= 15 is 0 Å². The van der Waals surface area contributed by atoms with Gasteiger partial charge in [0.15, 0.2) is 5.78 Å². The van der Waals surface area contributed by atoms with Gasteiger partial charge < -0.3 is 10.1 Å². The zero-order valence-corrected chi connectivity index (χ0v) is 15.4. The Bertz CT molecular complexity index is 964. The monoisotopic (exact) mass is 392 g/mol. The Morgan fingerprint density at radius 1 is 1.29 bits per heavy atom. The third kappa shape index (κ3) is 3.04. The topological polar surface area (TPSA) is 69.0 Å². The van der Waals surface area contributed by atoms with Gasteiger partial charge in [-0.2, -0.15) is 18.2 Å². The van der Waals surface area contributed by atoms with Crippen LogP contribution in [0.5, 0.6) is 5.75 Å². The van der Waals surface area contributed by atoms with Gasteiger partial charge in [0.25, 0.3) is 5.82 Å². The molecule has 0 fully saturated rings. The molecule has 1 aliphatic carbocycles. The van der Waals surface area contributed by atoms with Crippen LogP contribution in [-0.4, -0.2) is 27.2 Å². The number of hydrogen-bond acceptors (Lipinski definition) is 5. The minimum Gasteiger partial charge on any atom is -0.494 e. The van der Waals surface area contributed by atoms with Gasteiger partial charge in [-0.15, -0.1) is 5.10 Å². The second-order valence-electron chi connectivity index (χ2n) is 7.03. The lowest BCUT2D eigenvalue weighted by Crippen LogP contribution is -2.33. The van der Waals surface area contributed by atoms with E-state index in [4.69, 9.17) is 4.74 Å². The molecule has 2 aromatic rings. The summed E-state index contributed by atoms with van der Waals surface area (Å²) in [6.45, 7) is 4.14. The van der Waals surface area contributed by atoms with E-state index in [9.17, 15) is 18.0 Å². The molecule has 2 aliphatic rings. The molecule has 9 heteroatoms. The summed E-state index contributed by atoms with van der Waals surface area (Å²) in [4.78, 5) is 16.5. The van der Waals surface area contributed by atoms with E-state index in [1.54, 1.807) is 24.3 Å². The smallest absolute Gasteiger partial charge is 0.453 e. The number of allylic oxidation sites excluding steroid dienone is 2. The van der Waals surface area contributed by atoms with E-state index in [-0.39, 0.29) is 17.6 Å². The van der Waals surface area contributed by atoms with E-state index in [1.165, 1.54) is 0 Å². The number of anilines is 1. The molecule has 0 unspecified atom stereocenters. The number of rotatable bonds is 3. The van der Waals surface area contributed by atoms with Crippen LogP contribution < -0.4 is 10.1 Å². The van der Waals surface area contributed by atoms with E-state index in [1.807, 2.05) is 13.8 Å². The number of fused-ring (bicyclic) bond motifs is 1. The molecule has 28 heavy (non-hydrogen) atoms. The molecule has 4 rings (SSSR count). The zero-order valence-electron chi connectivity index (χ0n) is 15.4. The van der Waals surface area contributed by atoms with Crippen molar-refractivity contribution >= 4 is 11.7 Å². The Labute approximate surface area is 159 Å². The Kier molecular flexibility index (Phi) is 4.40. The first-order valence-corrected chi connectivity index (χ1v) is 9.08. The summed E-state index contributed by atoms with van der Waals surface area (Å²) in [6.07, 6.45) is -3.79. The van der Waals surface area contributed by atoms with Gasteiger partial charge in [0.05, 0.1) is 6.61 Å². The number of aromatic nitrogens is 3. The number of Topliss-reactive ketones (excluding diaryl/α,β-unsaturated/α-hetero) is 1. The Morgan fingerprint density at radius 3 is 2.75 bits per heavy atom. The van der Waals surface area contributed by atoms with Crippen LogP contribution in [0, 0.1) is 5.92 Å². The number of carbonyl (C=O) groups is 1. The average molecular weight is 392 g/mol. The van der Waals surface area contributed by atoms with Crippen molar-refractivity contribution in [3.05, 3.63) is 46.9 Å². The third-order valence-electron chi connectivity index (χ3n) is 4.89. The maximum absolute atomic E-state index is 13.2. The van der Waals surface area contributed by atoms with Gasteiger partial charge in [-0.1, -0.05) is 25.1 Å². The molecule has 0 saturated heterocycles. The number of benzene rings is 1. The van der Waals surface area contributed by atoms with Crippen molar-refractivity contribution in [2.24, 2.45) is 5.92 Å². The quantitative estimate of drug-likeness (QED) is 0.856. The number of para-hydroxylation sites is 1. The summed E-state index contributed by atoms with van der Waals surface area (Å²) in [6, 6.07) is 6.20. The van der Waals surface area contributed by atoms with Crippen molar-refractivity contribution in [1.29, 1.82) is 0 Å². The van der Waals surface area contributed by atoms with E-state index in [0.717, 1.165) is 4.68 Å². The first kappa shape index (κ1) is 18.5. The molecule has 6 nitrogen and oxygen atoms in total. The summed E-state index contributed by atoms with van der Waals surface area (Å²) in [5, 5.41) is 6.61. The van der Waals surface area contributed by atoms with E-state index < -0.39 is 18.0 Å². The number of ether oxygens (including phenoxy) is 1. The highest BCUT2D eigenvalue weighted by Crippen LogP contribution is 2.44. The number of nitrogens with one attached hydrogen (secondary N) is 1. The molecule has 1 aromatic carbocycles. The van der Waals surface area contributed by atoms with Crippen LogP contribution in [-0.2, 0) is 11.0 Å². The first-order chi connectivity index (χ1) is 13.3. The molecule has 1 aliphatic heterocycles. The highest BCUT2D eigenvalue weighted by molar-refractivity contribution is 5.99. The lowest BCUT2D eigenvalue weighted by Gasteiger charge is -2.34. The van der Waals surface area contributed by atoms with Gasteiger partial charge >= 0.3 is 6.18 Å². The highest BCUT2D eigenvalue weighted by atomic mass is 19.4. The first-order valence-electron chi connectivity index (χ1n) is 9.08. The van der Waals surface area contributed by atoms with Gasteiger partial charge in [0.1, 0.15) is 11.8 Å². The molecule has 0 radical (unpaired) electrons. The maximum atomic E-state index is 13.2. The van der Waals surface area contributed by atoms with Crippen LogP contribution in [0.15, 0.2) is 35.5 Å². The third-order valence-corrected chi connectivity index (χ3v) is 4.89. The van der Waals surface area contributed by atoms with Crippen molar-refractivity contribution in [1.82, 2.24) is 14.8 Å². The fraction of sp³-hybridized carbons (Fsp3) is 0.421. The van der Waals surface area contributed by atoms with Gasteiger partial charge in [-0.3, -0.25) is 4.79 Å². The summed E-state index contributed by atoms with van der Waals surface area (Å²) < 4.78 is 46.5. The summed E-state index contributed by atoms with van der Waals surface area (Å²) in [5.74, 6) is -0.769. The molecule has 148 valence electrons. The number of ketones is 1. The van der Waals surface area contributed by atoms with Gasteiger partial charge in [-0.25, -0.2) is 4.68 Å². The van der Waals surface area contributed by atoms with Crippen molar-refractivity contribution in [3.63, 3.8) is 0 Å². The SMILES string of the molecule is CCOc1ccccc1[C@H]1C2=C(C[C@@H](C)CC2=O)Nc2nc(C(F)(F)F)nn21. The molecule has 2 atom stereocenters. The van der Waals surface area contributed by atoms with Crippen LogP contribution in [0.25, 0.3) is 0 Å². The number of carbonyl (C=O) groups excluding carboxylic acids is 1. The molecule has 2 heterocycles. The lowest BCUT2D eigenvalue weighted by atomic mass is 9.81. The van der Waals surface area contributed by atoms with Gasteiger partial charge in [-0.05, 0) is 25.3 Å². The maximum Gasteiger partial charge on any atom is 0.453 e. The van der Waals surface area contributed by atoms with Crippen molar-refractivity contribution in [2.75, 3.05) is 11.9 Å². The van der Waals surface area contributed by atoms with Crippen LogP contribution >= 0.6 is 0 Å². The van der Waals surface area contributed by atoms with Crippen LogP contribution in [0.2, 0.25) is 0 Å². The van der Waals surface area contributed by atoms with E-state index in [2.05, 4.69) is 15.4 Å². The highest BCUT2D eigenvalue weighted by Gasteiger charge is 2.43. The van der Waals surface area contributed by atoms with Crippen LogP contribution in [0.4, 0.5) is 19.1 Å². The minimum atomic E-state index is -4.69. The number of hydrogen-bond donors (Lipinski definition) is 1. The molecule has 1 N–H and O–H groups in total. The minimum absolute atomic E-state index is 0.0238. The summed E-state index contributed by atoms with van der Waals surface area (Å²) in [5.41, 5.74) is 1.62. The van der Waals surface area contributed by atoms with E-state index in [0.29, 0.717) is 42.0 Å². The second-order valence-corrected chi connectivity index (χ2v) is 7.03. The number of alkyl halides is 3. The Balaban J connectivity index is 1.93. The molecule has 0 saturated carbocycles. The number of nitrogens with zero attached hydrogens (tertiary/aromatic N) is 3. The largest absolute Gasteiger partial charge is 0.494 e. The van der Waals surface area contributed by atoms with Crippen molar-refractivity contribution in [3.8, 4) is 5.75 Å². The van der Waals surface area contributed by atoms with Crippen molar-refractivity contribution < 1.29 is 22.7 Å². The normalized spacial score (nSPS) is 21.8. The van der Waals surface area contributed by atoms with Crippen LogP contribution in [0.3, 0.4) is 0 Å². The van der Waals surface area contributed by atoms with Gasteiger partial charge in [0, 0.05) is 23.3 Å². The lowest BCUT2D eigenvalue weighted by molar-refractivity contribution is -0.145. The Hall–Kier alpha value is -2.84. The van der Waals surface area contributed by atoms with Crippen LogP contribution in [0.1, 0.15) is 44.1 Å². The molecule has 0 bridgehead atoms. The predicted molar refractivity (Wildman–Crippen MR) is 94.8 cm³/mol. The molecular weight excluding hydrogens is 373 g/mol. The van der Waals surface area contributed by atoms with Crippen molar-refractivity contribution in [2.45, 2.75) is 38.9 Å². The zero-order chi connectivity index (χ0) is 20.1. The fourth-order valence-electron chi connectivity index (χ4n) is 3.81. The standard InChI is InChI=1S/C19H19F3N4O2/c1-3-28-14-7-5-4-6-11(14)16-15-12(8-10(2)9-13(15)27)23-18-24-17(19(20,21)22)25-26(16)18/h4-7,10,16H,3,8-9H2,1-2H3,(H,23,24,25)/t10-,16+/m1/s1. The Morgan fingerprint density at radius 2 is 2.04 bits per heavy atom. The average Bonchev–Trinajstić information content (AvgIpc) is 3.05. The van der Waals surface area contributed by atoms with Gasteiger partial charge in [0.2, 0.25) is 5.95 Å². The summed E-state index contributed by atoms with van der Waals surface area (Å²) in [7, 11) is 0.